The third-order valence-electron chi connectivity index (χ3n) is 2.23. The highest BCUT2D eigenvalue weighted by Gasteiger charge is 2.09. The third-order valence-corrected chi connectivity index (χ3v) is 2.43. The van der Waals surface area contributed by atoms with Gasteiger partial charge in [0.25, 0.3) is 0 Å². The molecule has 1 unspecified atom stereocenters. The first-order chi connectivity index (χ1) is 8.47. The number of aromatic nitrogens is 1. The summed E-state index contributed by atoms with van der Waals surface area (Å²) in [6.45, 7) is 4.26. The lowest BCUT2D eigenvalue weighted by Gasteiger charge is -2.14. The van der Waals surface area contributed by atoms with E-state index in [0.29, 0.717) is 23.2 Å². The first kappa shape index (κ1) is 14.7. The molecular weight excluding hydrogens is 254 g/mol. The molecule has 0 spiro atoms. The third kappa shape index (κ3) is 5.84. The van der Waals surface area contributed by atoms with Crippen molar-refractivity contribution >= 4 is 23.3 Å². The van der Waals surface area contributed by atoms with Crippen LogP contribution in [-0.4, -0.2) is 28.8 Å². The van der Waals surface area contributed by atoms with E-state index in [-0.39, 0.29) is 12.6 Å². The van der Waals surface area contributed by atoms with Crippen LogP contribution in [0.15, 0.2) is 18.3 Å². The molecule has 0 aromatic carbocycles. The van der Waals surface area contributed by atoms with Crippen LogP contribution in [0.2, 0.25) is 5.15 Å². The molecule has 0 aliphatic heterocycles. The molecule has 6 heteroatoms. The van der Waals surface area contributed by atoms with Gasteiger partial charge < -0.3 is 15.7 Å². The minimum absolute atomic E-state index is 0.225. The van der Waals surface area contributed by atoms with Gasteiger partial charge in [0.15, 0.2) is 0 Å². The molecule has 0 aliphatic rings. The maximum atomic E-state index is 11.5. The first-order valence-electron chi connectivity index (χ1n) is 5.82. The van der Waals surface area contributed by atoms with E-state index in [2.05, 4.69) is 15.6 Å². The number of pyridine rings is 1. The molecule has 100 valence electrons. The zero-order valence-electron chi connectivity index (χ0n) is 10.5. The van der Waals surface area contributed by atoms with Crippen LogP contribution in [0.25, 0.3) is 0 Å². The summed E-state index contributed by atoms with van der Waals surface area (Å²) in [6.07, 6.45) is 1.63. The maximum Gasteiger partial charge on any atom is 0.319 e. The molecule has 18 heavy (non-hydrogen) atoms. The van der Waals surface area contributed by atoms with Crippen molar-refractivity contribution in [1.82, 2.24) is 10.3 Å². The summed E-state index contributed by atoms with van der Waals surface area (Å²) < 4.78 is 0. The monoisotopic (exact) mass is 271 g/mol. The summed E-state index contributed by atoms with van der Waals surface area (Å²) >= 11 is 5.69. The largest absolute Gasteiger partial charge is 0.391 e. The number of urea groups is 1. The van der Waals surface area contributed by atoms with E-state index in [9.17, 15) is 9.90 Å². The van der Waals surface area contributed by atoms with Crippen LogP contribution in [0.1, 0.15) is 20.3 Å². The van der Waals surface area contributed by atoms with E-state index in [1.54, 1.807) is 12.1 Å². The maximum absolute atomic E-state index is 11.5. The topological polar surface area (TPSA) is 74.2 Å². The Morgan fingerprint density at radius 2 is 2.28 bits per heavy atom. The fourth-order valence-electron chi connectivity index (χ4n) is 1.49. The van der Waals surface area contributed by atoms with Gasteiger partial charge in [0.05, 0.1) is 6.10 Å². The van der Waals surface area contributed by atoms with Gasteiger partial charge in [-0.3, -0.25) is 0 Å². The number of carbonyl (C=O) groups excluding carboxylic acids is 1. The minimum atomic E-state index is -0.531. The van der Waals surface area contributed by atoms with Gasteiger partial charge in [0.2, 0.25) is 0 Å². The quantitative estimate of drug-likeness (QED) is 0.719. The van der Waals surface area contributed by atoms with Crippen LogP contribution in [0, 0.1) is 5.92 Å². The Bertz CT molecular complexity index is 399. The van der Waals surface area contributed by atoms with E-state index in [1.807, 2.05) is 13.8 Å². The van der Waals surface area contributed by atoms with Crippen LogP contribution in [0.3, 0.4) is 0 Å². The second kappa shape index (κ2) is 7.18. The Labute approximate surface area is 112 Å². The average Bonchev–Trinajstić information content (AvgIpc) is 2.25. The highest BCUT2D eigenvalue weighted by Crippen LogP contribution is 2.11. The van der Waals surface area contributed by atoms with Crippen molar-refractivity contribution in [2.24, 2.45) is 5.92 Å². The molecule has 0 bridgehead atoms. The van der Waals surface area contributed by atoms with E-state index in [4.69, 9.17) is 11.6 Å². The summed E-state index contributed by atoms with van der Waals surface area (Å²) in [5, 5.41) is 15.1. The van der Waals surface area contributed by atoms with Gasteiger partial charge >= 0.3 is 6.03 Å². The van der Waals surface area contributed by atoms with Crippen LogP contribution in [0.4, 0.5) is 10.5 Å². The lowest BCUT2D eigenvalue weighted by molar-refractivity contribution is 0.148. The van der Waals surface area contributed by atoms with Crippen molar-refractivity contribution in [3.63, 3.8) is 0 Å². The number of carbonyl (C=O) groups is 1. The van der Waals surface area contributed by atoms with Crippen LogP contribution in [0.5, 0.6) is 0 Å². The Morgan fingerprint density at radius 3 is 2.89 bits per heavy atom. The van der Waals surface area contributed by atoms with Crippen molar-refractivity contribution in [3.8, 4) is 0 Å². The Balaban J connectivity index is 2.34. The van der Waals surface area contributed by atoms with Gasteiger partial charge in [0, 0.05) is 18.4 Å². The molecule has 3 N–H and O–H groups in total. The molecule has 1 aromatic rings. The van der Waals surface area contributed by atoms with Crippen LogP contribution < -0.4 is 10.6 Å². The molecule has 1 heterocycles. The second-order valence-electron chi connectivity index (χ2n) is 4.49. The zero-order valence-corrected chi connectivity index (χ0v) is 11.2. The SMILES string of the molecule is CC(C)CC(O)CNC(=O)Nc1ccnc(Cl)c1. The number of hydrogen-bond acceptors (Lipinski definition) is 3. The van der Waals surface area contributed by atoms with Crippen LogP contribution >= 0.6 is 11.6 Å². The van der Waals surface area contributed by atoms with Crippen LogP contribution in [-0.2, 0) is 0 Å². The normalized spacial score (nSPS) is 12.3. The standard InChI is InChI=1S/C12H18ClN3O2/c1-8(2)5-10(17)7-15-12(18)16-9-3-4-14-11(13)6-9/h3-4,6,8,10,17H,5,7H2,1-2H3,(H2,14,15,16,18). The molecule has 5 nitrogen and oxygen atoms in total. The van der Waals surface area contributed by atoms with E-state index < -0.39 is 6.10 Å². The molecule has 0 aliphatic carbocycles. The molecule has 1 atom stereocenters. The van der Waals surface area contributed by atoms with Gasteiger partial charge in [-0.05, 0) is 24.5 Å². The minimum Gasteiger partial charge on any atom is -0.391 e. The smallest absolute Gasteiger partial charge is 0.319 e. The van der Waals surface area contributed by atoms with Crippen molar-refractivity contribution < 1.29 is 9.90 Å². The van der Waals surface area contributed by atoms with Crippen molar-refractivity contribution in [2.45, 2.75) is 26.4 Å². The predicted octanol–water partition coefficient (Wildman–Crippen LogP) is 2.26. The molecule has 0 radical (unpaired) electrons. The second-order valence-corrected chi connectivity index (χ2v) is 4.87. The fraction of sp³-hybridized carbons (Fsp3) is 0.500. The molecular formula is C12H18ClN3O2. The highest BCUT2D eigenvalue weighted by atomic mass is 35.5. The van der Waals surface area contributed by atoms with E-state index in [0.717, 1.165) is 0 Å². The summed E-state index contributed by atoms with van der Waals surface area (Å²) in [5.74, 6) is 0.392. The number of nitrogens with one attached hydrogen (secondary N) is 2. The number of amides is 2. The number of anilines is 1. The molecule has 0 saturated heterocycles. The Kier molecular flexibility index (Phi) is 5.88. The van der Waals surface area contributed by atoms with E-state index >= 15 is 0 Å². The van der Waals surface area contributed by atoms with Gasteiger partial charge in [0.1, 0.15) is 5.15 Å². The predicted molar refractivity (Wildman–Crippen MR) is 71.7 cm³/mol. The Morgan fingerprint density at radius 1 is 1.56 bits per heavy atom. The highest BCUT2D eigenvalue weighted by molar-refractivity contribution is 6.29. The average molecular weight is 272 g/mol. The van der Waals surface area contributed by atoms with Crippen molar-refractivity contribution in [3.05, 3.63) is 23.5 Å². The lowest BCUT2D eigenvalue weighted by Crippen LogP contribution is -2.35. The van der Waals surface area contributed by atoms with E-state index in [1.165, 1.54) is 6.20 Å². The van der Waals surface area contributed by atoms with Crippen molar-refractivity contribution in [2.75, 3.05) is 11.9 Å². The van der Waals surface area contributed by atoms with Gasteiger partial charge in [-0.25, -0.2) is 9.78 Å². The van der Waals surface area contributed by atoms with Gasteiger partial charge in [-0.1, -0.05) is 25.4 Å². The summed E-state index contributed by atoms with van der Waals surface area (Å²) in [4.78, 5) is 15.3. The fourth-order valence-corrected chi connectivity index (χ4v) is 1.67. The number of nitrogens with zero attached hydrogens (tertiary/aromatic N) is 1. The zero-order chi connectivity index (χ0) is 13.5. The summed E-state index contributed by atoms with van der Waals surface area (Å²) in [6, 6.07) is 2.81. The number of hydrogen-bond donors (Lipinski definition) is 3. The first-order valence-corrected chi connectivity index (χ1v) is 6.19. The van der Waals surface area contributed by atoms with Gasteiger partial charge in [-0.2, -0.15) is 0 Å². The lowest BCUT2D eigenvalue weighted by atomic mass is 10.1. The summed E-state index contributed by atoms with van der Waals surface area (Å²) in [5.41, 5.74) is 0.561. The number of rotatable bonds is 5. The number of aliphatic hydroxyl groups excluding tert-OH is 1. The number of halogens is 1. The molecule has 1 aromatic heterocycles. The Hall–Kier alpha value is -1.33. The molecule has 0 fully saturated rings. The molecule has 0 saturated carbocycles. The number of aliphatic hydroxyl groups is 1. The van der Waals surface area contributed by atoms with Crippen molar-refractivity contribution in [1.29, 1.82) is 0 Å². The summed E-state index contributed by atoms with van der Waals surface area (Å²) in [7, 11) is 0. The molecule has 1 rings (SSSR count). The molecule has 2 amide bonds. The van der Waals surface area contributed by atoms with Gasteiger partial charge in [-0.15, -0.1) is 0 Å².